The lowest BCUT2D eigenvalue weighted by molar-refractivity contribution is -0.137. The van der Waals surface area contributed by atoms with E-state index in [-0.39, 0.29) is 18.5 Å². The molecule has 84 valence electrons. The Balaban J connectivity index is 0.00000196. The van der Waals surface area contributed by atoms with Crippen molar-refractivity contribution in [1.82, 2.24) is 0 Å². The van der Waals surface area contributed by atoms with Gasteiger partial charge in [0.15, 0.2) is 0 Å². The van der Waals surface area contributed by atoms with Crippen LogP contribution in [0.3, 0.4) is 0 Å². The molecule has 1 N–H and O–H groups in total. The van der Waals surface area contributed by atoms with Crippen molar-refractivity contribution in [3.63, 3.8) is 0 Å². The molecule has 7 heteroatoms. The Morgan fingerprint density at radius 2 is 1.73 bits per heavy atom. The van der Waals surface area contributed by atoms with Crippen LogP contribution in [0.25, 0.3) is 0 Å². The molecule has 0 aliphatic heterocycles. The standard InChI is InChI=1S/C8H4F4O2.ClH/c9-6-2-4(7(13)14)1-5(3-6)8(10,11)12;/h1-3H,(H,13,14);1H/p-1. The molecule has 0 aliphatic carbocycles. The number of hydrogen-bond donors (Lipinski definition) is 1. The smallest absolute Gasteiger partial charge is 0.416 e. The summed E-state index contributed by atoms with van der Waals surface area (Å²) in [5.74, 6) is -2.83. The fourth-order valence-corrected chi connectivity index (χ4v) is 0.877. The summed E-state index contributed by atoms with van der Waals surface area (Å²) >= 11 is 0. The van der Waals surface area contributed by atoms with Crippen LogP contribution in [0, 0.1) is 5.82 Å². The number of aromatic carboxylic acids is 1. The van der Waals surface area contributed by atoms with Crippen LogP contribution < -0.4 is 12.4 Å². The minimum Gasteiger partial charge on any atom is -1.00 e. The first-order valence-electron chi connectivity index (χ1n) is 3.42. The molecule has 0 saturated heterocycles. The van der Waals surface area contributed by atoms with Crippen LogP contribution in [-0.2, 0) is 6.18 Å². The molecule has 0 amide bonds. The molecular formula is C8H4ClF4O2-. The third kappa shape index (κ3) is 3.39. The van der Waals surface area contributed by atoms with E-state index in [0.29, 0.717) is 12.1 Å². The summed E-state index contributed by atoms with van der Waals surface area (Å²) in [5, 5.41) is 8.37. The van der Waals surface area contributed by atoms with Gasteiger partial charge in [-0.25, -0.2) is 9.18 Å². The molecule has 0 spiro atoms. The Morgan fingerprint density at radius 3 is 2.13 bits per heavy atom. The average molecular weight is 244 g/mol. The van der Waals surface area contributed by atoms with E-state index in [1.54, 1.807) is 0 Å². The van der Waals surface area contributed by atoms with Crippen molar-refractivity contribution in [3.05, 3.63) is 35.1 Å². The quantitative estimate of drug-likeness (QED) is 0.678. The first-order valence-corrected chi connectivity index (χ1v) is 3.42. The minimum absolute atomic E-state index is 0. The van der Waals surface area contributed by atoms with E-state index < -0.39 is 29.1 Å². The predicted octanol–water partition coefficient (Wildman–Crippen LogP) is -0.453. The SMILES string of the molecule is O=C(O)c1cc(F)cc(C(F)(F)F)c1.[Cl-]. The van der Waals surface area contributed by atoms with Crippen LogP contribution in [0.1, 0.15) is 15.9 Å². The van der Waals surface area contributed by atoms with Crippen LogP contribution in [0.15, 0.2) is 18.2 Å². The zero-order chi connectivity index (χ0) is 10.9. The van der Waals surface area contributed by atoms with E-state index in [1.807, 2.05) is 0 Å². The molecule has 1 aromatic rings. The van der Waals surface area contributed by atoms with Gasteiger partial charge < -0.3 is 17.5 Å². The zero-order valence-corrected chi connectivity index (χ0v) is 7.73. The minimum atomic E-state index is -4.74. The first kappa shape index (κ1) is 13.7. The van der Waals surface area contributed by atoms with E-state index in [2.05, 4.69) is 0 Å². The largest absolute Gasteiger partial charge is 1.00 e. The van der Waals surface area contributed by atoms with E-state index in [4.69, 9.17) is 5.11 Å². The zero-order valence-electron chi connectivity index (χ0n) is 6.98. The molecule has 0 aliphatic rings. The van der Waals surface area contributed by atoms with Crippen LogP contribution >= 0.6 is 0 Å². The van der Waals surface area contributed by atoms with Gasteiger partial charge in [-0.1, -0.05) is 0 Å². The van der Waals surface area contributed by atoms with Gasteiger partial charge in [0.05, 0.1) is 11.1 Å². The van der Waals surface area contributed by atoms with Crippen molar-refractivity contribution in [1.29, 1.82) is 0 Å². The molecule has 0 saturated carbocycles. The lowest BCUT2D eigenvalue weighted by atomic mass is 10.1. The second-order valence-electron chi connectivity index (χ2n) is 2.53. The maximum absolute atomic E-state index is 12.6. The van der Waals surface area contributed by atoms with Gasteiger partial charge in [-0.15, -0.1) is 0 Å². The summed E-state index contributed by atoms with van der Waals surface area (Å²) in [6, 6.07) is 1.15. The highest BCUT2D eigenvalue weighted by Gasteiger charge is 2.31. The van der Waals surface area contributed by atoms with E-state index in [9.17, 15) is 22.4 Å². The number of hydrogen-bond acceptors (Lipinski definition) is 1. The Bertz CT molecular complexity index is 375. The summed E-state index contributed by atoms with van der Waals surface area (Å²) in [6.45, 7) is 0. The molecule has 0 fully saturated rings. The van der Waals surface area contributed by atoms with E-state index in [0.717, 1.165) is 0 Å². The topological polar surface area (TPSA) is 37.3 Å². The van der Waals surface area contributed by atoms with Crippen LogP contribution in [-0.4, -0.2) is 11.1 Å². The molecule has 0 radical (unpaired) electrons. The molecule has 1 aromatic carbocycles. The highest BCUT2D eigenvalue weighted by molar-refractivity contribution is 5.87. The Morgan fingerprint density at radius 1 is 1.20 bits per heavy atom. The van der Waals surface area contributed by atoms with Crippen LogP contribution in [0.5, 0.6) is 0 Å². The Hall–Kier alpha value is -1.30. The molecule has 2 nitrogen and oxygen atoms in total. The second-order valence-corrected chi connectivity index (χ2v) is 2.53. The molecule has 0 heterocycles. The first-order chi connectivity index (χ1) is 6.30. The maximum atomic E-state index is 12.6. The fraction of sp³-hybridized carbons (Fsp3) is 0.125. The summed E-state index contributed by atoms with van der Waals surface area (Å²) in [7, 11) is 0. The third-order valence-corrected chi connectivity index (χ3v) is 1.47. The third-order valence-electron chi connectivity index (χ3n) is 1.47. The summed E-state index contributed by atoms with van der Waals surface area (Å²) in [5.41, 5.74) is -2.03. The highest BCUT2D eigenvalue weighted by Crippen LogP contribution is 2.30. The predicted molar refractivity (Wildman–Crippen MR) is 38.4 cm³/mol. The number of rotatable bonds is 1. The Kier molecular flexibility index (Phi) is 4.09. The van der Waals surface area contributed by atoms with Gasteiger partial charge >= 0.3 is 12.1 Å². The molecular weight excluding hydrogens is 240 g/mol. The van der Waals surface area contributed by atoms with E-state index >= 15 is 0 Å². The van der Waals surface area contributed by atoms with Crippen LogP contribution in [0.2, 0.25) is 0 Å². The van der Waals surface area contributed by atoms with Crippen LogP contribution in [0.4, 0.5) is 17.6 Å². The lowest BCUT2D eigenvalue weighted by Gasteiger charge is -2.07. The van der Waals surface area contributed by atoms with Gasteiger partial charge in [0.2, 0.25) is 0 Å². The second kappa shape index (κ2) is 4.48. The average Bonchev–Trinajstić information content (AvgIpc) is 2.01. The molecule has 1 rings (SSSR count). The maximum Gasteiger partial charge on any atom is 0.416 e. The number of benzene rings is 1. The molecule has 0 unspecified atom stereocenters. The Labute approximate surface area is 87.9 Å². The van der Waals surface area contributed by atoms with Crippen molar-refractivity contribution in [2.75, 3.05) is 0 Å². The number of carboxylic acid groups (broad SMARTS) is 1. The van der Waals surface area contributed by atoms with E-state index in [1.165, 1.54) is 0 Å². The van der Waals surface area contributed by atoms with Gasteiger partial charge in [-0.3, -0.25) is 0 Å². The fourth-order valence-electron chi connectivity index (χ4n) is 0.877. The van der Waals surface area contributed by atoms with Crippen molar-refractivity contribution >= 4 is 5.97 Å². The lowest BCUT2D eigenvalue weighted by Crippen LogP contribution is -3.00. The number of halogens is 5. The highest BCUT2D eigenvalue weighted by atomic mass is 35.5. The van der Waals surface area contributed by atoms with Gasteiger partial charge in [0, 0.05) is 0 Å². The molecule has 0 atom stereocenters. The van der Waals surface area contributed by atoms with Crippen molar-refractivity contribution < 1.29 is 39.9 Å². The van der Waals surface area contributed by atoms with Gasteiger partial charge in [0.1, 0.15) is 5.82 Å². The number of carbonyl (C=O) groups is 1. The van der Waals surface area contributed by atoms with Crippen molar-refractivity contribution in [3.8, 4) is 0 Å². The molecule has 0 aromatic heterocycles. The van der Waals surface area contributed by atoms with Crippen molar-refractivity contribution in [2.45, 2.75) is 6.18 Å². The molecule has 15 heavy (non-hydrogen) atoms. The molecule has 0 bridgehead atoms. The monoisotopic (exact) mass is 243 g/mol. The van der Waals surface area contributed by atoms with Gasteiger partial charge in [0.25, 0.3) is 0 Å². The van der Waals surface area contributed by atoms with Gasteiger partial charge in [-0.05, 0) is 18.2 Å². The number of alkyl halides is 3. The normalized spacial score (nSPS) is 10.7. The van der Waals surface area contributed by atoms with Gasteiger partial charge in [-0.2, -0.15) is 13.2 Å². The summed E-state index contributed by atoms with van der Waals surface area (Å²) < 4.78 is 48.7. The summed E-state index contributed by atoms with van der Waals surface area (Å²) in [6.07, 6.45) is -4.74. The van der Waals surface area contributed by atoms with Crippen molar-refractivity contribution in [2.24, 2.45) is 0 Å². The number of carboxylic acids is 1. The summed E-state index contributed by atoms with van der Waals surface area (Å²) in [4.78, 5) is 10.3.